The van der Waals surface area contributed by atoms with Crippen molar-refractivity contribution in [2.45, 2.75) is 37.4 Å². The quantitative estimate of drug-likeness (QED) is 0.116. The molecule has 11 nitrogen and oxygen atoms in total. The monoisotopic (exact) mass is 335 g/mol. The third-order valence-corrected chi connectivity index (χ3v) is 2.97. The van der Waals surface area contributed by atoms with Gasteiger partial charge in [0.05, 0.1) is 6.04 Å². The zero-order valence-electron chi connectivity index (χ0n) is 12.2. The van der Waals surface area contributed by atoms with Gasteiger partial charge in [0, 0.05) is 0 Å². The molecule has 2 atom stereocenters. The van der Waals surface area contributed by atoms with Gasteiger partial charge in [0.15, 0.2) is 5.78 Å². The van der Waals surface area contributed by atoms with Crippen LogP contribution in [0.1, 0.15) is 19.3 Å². The van der Waals surface area contributed by atoms with Gasteiger partial charge in [0.2, 0.25) is 6.04 Å². The lowest BCUT2D eigenvalue weighted by atomic mass is 10.0. The zero-order chi connectivity index (χ0) is 17.4. The summed E-state index contributed by atoms with van der Waals surface area (Å²) in [6.45, 7) is 3.24. The number of rotatable bonds is 11. The van der Waals surface area contributed by atoms with Crippen molar-refractivity contribution in [1.82, 2.24) is 5.01 Å². The Hall–Kier alpha value is -2.34. The minimum Gasteiger partial charge on any atom is -0.480 e. The smallest absolute Gasteiger partial charge is 0.334 e. The Morgan fingerprint density at radius 2 is 1.52 bits per heavy atom. The molecule has 0 aromatic carbocycles. The molecule has 0 aromatic heterocycles. The number of carboxylic acids is 3. The van der Waals surface area contributed by atoms with Crippen molar-refractivity contribution in [1.29, 1.82) is 0 Å². The molecule has 0 rings (SSSR count). The van der Waals surface area contributed by atoms with Crippen molar-refractivity contribution in [3.63, 3.8) is 0 Å². The van der Waals surface area contributed by atoms with E-state index in [4.69, 9.17) is 26.9 Å². The van der Waals surface area contributed by atoms with Crippen LogP contribution in [0.5, 0.6) is 0 Å². The van der Waals surface area contributed by atoms with Crippen LogP contribution in [0, 0.1) is 0 Å². The van der Waals surface area contributed by atoms with Gasteiger partial charge in [-0.3, -0.25) is 15.4 Å². The van der Waals surface area contributed by atoms with E-state index in [1.807, 2.05) is 0 Å². The molecule has 23 heavy (non-hydrogen) atoms. The third-order valence-electron chi connectivity index (χ3n) is 2.97. The largest absolute Gasteiger partial charge is 0.480 e. The molecule has 0 amide bonds. The molecule has 0 saturated heterocycles. The highest BCUT2D eigenvalue weighted by molar-refractivity contribution is 5.99. The molecule has 0 aliphatic rings. The number of carbonyl (C=O) groups excluding carboxylic acids is 1. The highest BCUT2D eigenvalue weighted by atomic mass is 16.4. The molecule has 0 aliphatic heterocycles. The number of hydrogen-bond donors (Lipinski definition) is 5. The molecule has 1 unspecified atom stereocenters. The molecule has 0 bridgehead atoms. The predicted molar refractivity (Wildman–Crippen MR) is 77.2 cm³/mol. The number of hydrogen-bond acceptors (Lipinski definition) is 7. The molecule has 0 spiro atoms. The van der Waals surface area contributed by atoms with Gasteiger partial charge in [0.25, 0.3) is 0 Å². The Balaban J connectivity index is 0. The number of nitrogens with two attached hydrogens (primary N) is 2. The molecule has 132 valence electrons. The average molecular weight is 335 g/mol. The Kier molecular flexibility index (Phi) is 10.4. The van der Waals surface area contributed by atoms with Crippen LogP contribution >= 0.6 is 0 Å². The highest BCUT2D eigenvalue weighted by Gasteiger charge is 2.37. The first-order valence-corrected chi connectivity index (χ1v) is 6.26. The van der Waals surface area contributed by atoms with E-state index in [2.05, 4.69) is 6.58 Å². The lowest BCUT2D eigenvalue weighted by Crippen LogP contribution is -2.57. The lowest BCUT2D eigenvalue weighted by molar-refractivity contribution is -0.158. The number of carboxylic acid groups (broad SMARTS) is 3. The Morgan fingerprint density at radius 1 is 1.04 bits per heavy atom. The molecule has 0 heterocycles. The van der Waals surface area contributed by atoms with E-state index in [0.717, 1.165) is 6.08 Å². The third kappa shape index (κ3) is 6.97. The van der Waals surface area contributed by atoms with Crippen molar-refractivity contribution in [2.24, 2.45) is 11.6 Å². The van der Waals surface area contributed by atoms with Crippen LogP contribution in [0.15, 0.2) is 12.7 Å². The van der Waals surface area contributed by atoms with Gasteiger partial charge in [-0.1, -0.05) is 6.58 Å². The molecular formula is C12H21N3O8. The number of hydrazine groups is 1. The first-order chi connectivity index (χ1) is 10.1. The first kappa shape index (κ1) is 22.9. The van der Waals surface area contributed by atoms with Crippen LogP contribution in [-0.2, 0) is 19.2 Å². The fraction of sp³-hybridized carbons (Fsp3) is 0.500. The van der Waals surface area contributed by atoms with E-state index in [1.165, 1.54) is 0 Å². The van der Waals surface area contributed by atoms with Gasteiger partial charge < -0.3 is 26.5 Å². The van der Waals surface area contributed by atoms with Gasteiger partial charge in [-0.2, -0.15) is 0 Å². The summed E-state index contributed by atoms with van der Waals surface area (Å²) in [5.41, 5.74) is 5.31. The maximum Gasteiger partial charge on any atom is 0.334 e. The van der Waals surface area contributed by atoms with Crippen LogP contribution in [0.3, 0.4) is 0 Å². The number of carbonyl (C=O) groups is 4. The van der Waals surface area contributed by atoms with Gasteiger partial charge in [-0.05, 0) is 25.3 Å². The second-order valence-corrected chi connectivity index (χ2v) is 4.52. The van der Waals surface area contributed by atoms with Gasteiger partial charge in [0.1, 0.15) is 6.04 Å². The maximum atomic E-state index is 11.7. The van der Waals surface area contributed by atoms with E-state index in [-0.39, 0.29) is 24.7 Å². The minimum absolute atomic E-state index is 0. The second kappa shape index (κ2) is 10.4. The SMILES string of the molecule is C=CC(=O)C(CCC[C@H](N)C(=O)O)N(N)C(C(=O)O)C(=O)O.O. The summed E-state index contributed by atoms with van der Waals surface area (Å²) >= 11 is 0. The molecule has 0 saturated carbocycles. The van der Waals surface area contributed by atoms with Gasteiger partial charge in [-0.15, -0.1) is 0 Å². The zero-order valence-corrected chi connectivity index (χ0v) is 12.2. The Morgan fingerprint density at radius 3 is 1.87 bits per heavy atom. The summed E-state index contributed by atoms with van der Waals surface area (Å²) < 4.78 is 0. The van der Waals surface area contributed by atoms with Crippen molar-refractivity contribution in [3.05, 3.63) is 12.7 Å². The standard InChI is InChI=1S/C12H19N3O7.H2O/c1-2-8(16)7(5-3-4-6(13)10(17)18)15(14)9(11(19)20)12(21)22;/h2,6-7,9H,1,3-5,13-14H2,(H,17,18)(H,19,20)(H,21,22);1H2/t6-,7?;/m0./s1. The van der Waals surface area contributed by atoms with Crippen LogP contribution in [0.2, 0.25) is 0 Å². The number of aliphatic carboxylic acids is 3. The van der Waals surface area contributed by atoms with E-state index in [9.17, 15) is 19.2 Å². The highest BCUT2D eigenvalue weighted by Crippen LogP contribution is 2.12. The lowest BCUT2D eigenvalue weighted by Gasteiger charge is -2.28. The molecule has 0 aliphatic carbocycles. The normalized spacial score (nSPS) is 13.0. The summed E-state index contributed by atoms with van der Waals surface area (Å²) in [6, 6.07) is -4.50. The summed E-state index contributed by atoms with van der Waals surface area (Å²) in [5.74, 6) is 0.141. The van der Waals surface area contributed by atoms with Crippen molar-refractivity contribution in [2.75, 3.05) is 0 Å². The van der Waals surface area contributed by atoms with Crippen molar-refractivity contribution < 1.29 is 40.0 Å². The predicted octanol–water partition coefficient (Wildman–Crippen LogP) is -2.42. The van der Waals surface area contributed by atoms with E-state index in [0.29, 0.717) is 5.01 Å². The van der Waals surface area contributed by atoms with Crippen LogP contribution in [-0.4, -0.2) is 67.6 Å². The van der Waals surface area contributed by atoms with Crippen LogP contribution < -0.4 is 11.6 Å². The summed E-state index contributed by atoms with van der Waals surface area (Å²) in [4.78, 5) is 44.2. The average Bonchev–Trinajstić information content (AvgIpc) is 2.41. The first-order valence-electron chi connectivity index (χ1n) is 6.26. The van der Waals surface area contributed by atoms with Gasteiger partial charge >= 0.3 is 17.9 Å². The van der Waals surface area contributed by atoms with Crippen molar-refractivity contribution >= 4 is 23.7 Å². The second-order valence-electron chi connectivity index (χ2n) is 4.52. The van der Waals surface area contributed by atoms with Gasteiger partial charge in [-0.25, -0.2) is 14.6 Å². The molecule has 11 heteroatoms. The van der Waals surface area contributed by atoms with E-state index >= 15 is 0 Å². The van der Waals surface area contributed by atoms with E-state index in [1.54, 1.807) is 0 Å². The Labute approximate surface area is 131 Å². The molecule has 9 N–H and O–H groups in total. The fourth-order valence-electron chi connectivity index (χ4n) is 1.77. The summed E-state index contributed by atoms with van der Waals surface area (Å²) in [7, 11) is 0. The number of nitrogens with zero attached hydrogens (tertiary/aromatic N) is 1. The van der Waals surface area contributed by atoms with E-state index < -0.39 is 41.8 Å². The molecule has 0 aromatic rings. The van der Waals surface area contributed by atoms with Crippen LogP contribution in [0.4, 0.5) is 0 Å². The maximum absolute atomic E-state index is 11.7. The minimum atomic E-state index is -2.11. The van der Waals surface area contributed by atoms with Crippen molar-refractivity contribution in [3.8, 4) is 0 Å². The van der Waals surface area contributed by atoms with Crippen LogP contribution in [0.25, 0.3) is 0 Å². The summed E-state index contributed by atoms with van der Waals surface area (Å²) in [5, 5.41) is 26.8. The molecule has 0 radical (unpaired) electrons. The number of ketones is 1. The summed E-state index contributed by atoms with van der Waals surface area (Å²) in [6.07, 6.45) is 0.994. The molecular weight excluding hydrogens is 314 g/mol. The molecule has 0 fully saturated rings. The Bertz CT molecular complexity index is 453. The topological polar surface area (TPSA) is 216 Å². The fourth-order valence-corrected chi connectivity index (χ4v) is 1.77.